The van der Waals surface area contributed by atoms with E-state index in [2.05, 4.69) is 10.2 Å². The minimum atomic E-state index is -0.256. The first kappa shape index (κ1) is 19.1. The number of fused-ring (bicyclic) bond motifs is 1. The summed E-state index contributed by atoms with van der Waals surface area (Å²) in [6, 6.07) is 9.79. The lowest BCUT2D eigenvalue weighted by Crippen LogP contribution is -2.44. The predicted octanol–water partition coefficient (Wildman–Crippen LogP) is 2.11. The lowest BCUT2D eigenvalue weighted by Gasteiger charge is -2.26. The zero-order valence-electron chi connectivity index (χ0n) is 16.3. The van der Waals surface area contributed by atoms with E-state index >= 15 is 0 Å². The number of rotatable bonds is 6. The van der Waals surface area contributed by atoms with Crippen LogP contribution >= 0.6 is 0 Å². The summed E-state index contributed by atoms with van der Waals surface area (Å²) < 4.78 is 0. The van der Waals surface area contributed by atoms with Crippen molar-refractivity contribution < 1.29 is 14.4 Å². The quantitative estimate of drug-likeness (QED) is 0.764. The van der Waals surface area contributed by atoms with Crippen LogP contribution in [0, 0.1) is 11.8 Å². The molecule has 4 rings (SSSR count). The number of hydrogen-bond donors (Lipinski definition) is 1. The van der Waals surface area contributed by atoms with Crippen LogP contribution in [0.5, 0.6) is 0 Å². The van der Waals surface area contributed by atoms with Crippen molar-refractivity contribution in [1.82, 2.24) is 15.1 Å². The molecule has 3 atom stereocenters. The normalized spacial score (nSPS) is 26.4. The Labute approximate surface area is 166 Å². The van der Waals surface area contributed by atoms with Crippen LogP contribution in [0.25, 0.3) is 0 Å². The topological polar surface area (TPSA) is 69.7 Å². The van der Waals surface area contributed by atoms with Gasteiger partial charge in [-0.15, -0.1) is 0 Å². The fourth-order valence-electron chi connectivity index (χ4n) is 4.91. The Balaban J connectivity index is 1.42. The molecule has 3 unspecified atom stereocenters. The molecule has 0 bridgehead atoms. The largest absolute Gasteiger partial charge is 0.346 e. The van der Waals surface area contributed by atoms with E-state index in [0.717, 1.165) is 50.9 Å². The summed E-state index contributed by atoms with van der Waals surface area (Å²) in [6.45, 7) is 2.69. The summed E-state index contributed by atoms with van der Waals surface area (Å²) in [5.74, 6) is -0.971. The molecule has 0 radical (unpaired) electrons. The highest BCUT2D eigenvalue weighted by Crippen LogP contribution is 2.37. The first-order valence-electron chi connectivity index (χ1n) is 10.6. The van der Waals surface area contributed by atoms with Gasteiger partial charge in [-0.3, -0.25) is 19.3 Å². The van der Waals surface area contributed by atoms with Crippen molar-refractivity contribution in [2.75, 3.05) is 26.2 Å². The molecule has 2 saturated heterocycles. The molecule has 2 heterocycles. The molecule has 1 aliphatic carbocycles. The van der Waals surface area contributed by atoms with Gasteiger partial charge in [0.15, 0.2) is 0 Å². The van der Waals surface area contributed by atoms with Gasteiger partial charge in [0.1, 0.15) is 6.54 Å². The molecule has 0 spiro atoms. The van der Waals surface area contributed by atoms with Crippen LogP contribution in [0.4, 0.5) is 0 Å². The maximum absolute atomic E-state index is 12.8. The second-order valence-corrected chi connectivity index (χ2v) is 8.30. The van der Waals surface area contributed by atoms with Crippen molar-refractivity contribution in [2.24, 2.45) is 11.8 Å². The lowest BCUT2D eigenvalue weighted by molar-refractivity contribution is -0.143. The standard InChI is InChI=1S/C22H29N3O3/c26-20(15-25-21(27)17-10-4-5-11-18(17)22(25)28)23-19(14-24-12-6-7-13-24)16-8-2-1-3-9-16/h1-3,8-9,17-19H,4-7,10-15H2,(H,23,26). The summed E-state index contributed by atoms with van der Waals surface area (Å²) in [5.41, 5.74) is 1.05. The first-order valence-corrected chi connectivity index (χ1v) is 10.6. The van der Waals surface area contributed by atoms with Crippen LogP contribution in [0.2, 0.25) is 0 Å². The third-order valence-corrected chi connectivity index (χ3v) is 6.41. The molecule has 3 fully saturated rings. The molecule has 1 aromatic rings. The Morgan fingerprint density at radius 2 is 1.57 bits per heavy atom. The molecule has 1 saturated carbocycles. The Kier molecular flexibility index (Phi) is 5.76. The van der Waals surface area contributed by atoms with Gasteiger partial charge in [0.05, 0.1) is 17.9 Å². The van der Waals surface area contributed by atoms with E-state index in [1.165, 1.54) is 17.7 Å². The van der Waals surface area contributed by atoms with E-state index in [1.807, 2.05) is 30.3 Å². The predicted molar refractivity (Wildman–Crippen MR) is 105 cm³/mol. The maximum Gasteiger partial charge on any atom is 0.240 e. The van der Waals surface area contributed by atoms with E-state index in [0.29, 0.717) is 0 Å². The molecule has 150 valence electrons. The molecule has 6 heteroatoms. The van der Waals surface area contributed by atoms with Crippen LogP contribution in [-0.4, -0.2) is 53.7 Å². The fraction of sp³-hybridized carbons (Fsp3) is 0.591. The number of hydrogen-bond acceptors (Lipinski definition) is 4. The number of benzene rings is 1. The van der Waals surface area contributed by atoms with Crippen LogP contribution in [-0.2, 0) is 14.4 Å². The second kappa shape index (κ2) is 8.43. The first-order chi connectivity index (χ1) is 13.6. The second-order valence-electron chi connectivity index (χ2n) is 8.30. The van der Waals surface area contributed by atoms with Crippen LogP contribution in [0.1, 0.15) is 50.1 Å². The van der Waals surface area contributed by atoms with Gasteiger partial charge in [0.2, 0.25) is 17.7 Å². The number of nitrogens with one attached hydrogen (secondary N) is 1. The van der Waals surface area contributed by atoms with Gasteiger partial charge < -0.3 is 10.2 Å². The van der Waals surface area contributed by atoms with Crippen LogP contribution < -0.4 is 5.32 Å². The number of imide groups is 1. The molecule has 0 aromatic heterocycles. The fourth-order valence-corrected chi connectivity index (χ4v) is 4.91. The molecule has 6 nitrogen and oxygen atoms in total. The van der Waals surface area contributed by atoms with Gasteiger partial charge in [0, 0.05) is 6.54 Å². The Morgan fingerprint density at radius 3 is 2.18 bits per heavy atom. The van der Waals surface area contributed by atoms with E-state index in [4.69, 9.17) is 0 Å². The number of amides is 3. The average molecular weight is 383 g/mol. The Hall–Kier alpha value is -2.21. The van der Waals surface area contributed by atoms with Crippen LogP contribution in [0.3, 0.4) is 0 Å². The molecule has 2 aliphatic heterocycles. The van der Waals surface area contributed by atoms with Gasteiger partial charge in [-0.25, -0.2) is 0 Å². The molecule has 3 amide bonds. The number of carbonyl (C=O) groups excluding carboxylic acids is 3. The third kappa shape index (κ3) is 3.97. The summed E-state index contributed by atoms with van der Waals surface area (Å²) >= 11 is 0. The van der Waals surface area contributed by atoms with Gasteiger partial charge in [-0.05, 0) is 44.3 Å². The minimum Gasteiger partial charge on any atom is -0.346 e. The maximum atomic E-state index is 12.8. The summed E-state index contributed by atoms with van der Waals surface area (Å²) in [5, 5.41) is 3.08. The molecule has 1 N–H and O–H groups in total. The summed E-state index contributed by atoms with van der Waals surface area (Å²) in [6.07, 6.45) is 5.91. The summed E-state index contributed by atoms with van der Waals surface area (Å²) in [4.78, 5) is 41.6. The molecule has 28 heavy (non-hydrogen) atoms. The number of likely N-dealkylation sites (tertiary alicyclic amines) is 2. The van der Waals surface area contributed by atoms with Gasteiger partial charge in [-0.1, -0.05) is 43.2 Å². The van der Waals surface area contributed by atoms with Gasteiger partial charge in [-0.2, -0.15) is 0 Å². The monoisotopic (exact) mass is 383 g/mol. The van der Waals surface area contributed by atoms with E-state index < -0.39 is 0 Å². The van der Waals surface area contributed by atoms with Crippen molar-refractivity contribution in [3.63, 3.8) is 0 Å². The van der Waals surface area contributed by atoms with E-state index in [-0.39, 0.29) is 42.1 Å². The van der Waals surface area contributed by atoms with Crippen molar-refractivity contribution >= 4 is 17.7 Å². The van der Waals surface area contributed by atoms with Crippen molar-refractivity contribution in [2.45, 2.75) is 44.6 Å². The van der Waals surface area contributed by atoms with Crippen molar-refractivity contribution in [1.29, 1.82) is 0 Å². The van der Waals surface area contributed by atoms with E-state index in [1.54, 1.807) is 0 Å². The zero-order valence-corrected chi connectivity index (χ0v) is 16.3. The van der Waals surface area contributed by atoms with Crippen molar-refractivity contribution in [3.05, 3.63) is 35.9 Å². The average Bonchev–Trinajstić information content (AvgIpc) is 3.31. The summed E-state index contributed by atoms with van der Waals surface area (Å²) in [7, 11) is 0. The highest BCUT2D eigenvalue weighted by molar-refractivity contribution is 6.07. The number of carbonyl (C=O) groups is 3. The highest BCUT2D eigenvalue weighted by Gasteiger charge is 2.48. The minimum absolute atomic E-state index is 0.137. The highest BCUT2D eigenvalue weighted by atomic mass is 16.2. The molecular weight excluding hydrogens is 354 g/mol. The lowest BCUT2D eigenvalue weighted by atomic mass is 9.81. The van der Waals surface area contributed by atoms with Gasteiger partial charge in [0.25, 0.3) is 0 Å². The molecule has 3 aliphatic rings. The third-order valence-electron chi connectivity index (χ3n) is 6.41. The molecule has 1 aromatic carbocycles. The van der Waals surface area contributed by atoms with Crippen LogP contribution in [0.15, 0.2) is 30.3 Å². The Morgan fingerprint density at radius 1 is 0.964 bits per heavy atom. The van der Waals surface area contributed by atoms with Crippen molar-refractivity contribution in [3.8, 4) is 0 Å². The Bertz CT molecular complexity index is 706. The smallest absolute Gasteiger partial charge is 0.240 e. The number of nitrogens with zero attached hydrogens (tertiary/aromatic N) is 2. The van der Waals surface area contributed by atoms with Gasteiger partial charge >= 0.3 is 0 Å². The van der Waals surface area contributed by atoms with E-state index in [9.17, 15) is 14.4 Å². The SMILES string of the molecule is O=C(CN1C(=O)C2CCCCC2C1=O)NC(CN1CCCC1)c1ccccc1. The molecular formula is C22H29N3O3. The zero-order chi connectivity index (χ0) is 19.5.